The Labute approximate surface area is 118 Å². The summed E-state index contributed by atoms with van der Waals surface area (Å²) in [5, 5.41) is 3.88. The second-order valence-corrected chi connectivity index (χ2v) is 5.40. The number of ether oxygens (including phenoxy) is 1. The molecule has 0 saturated heterocycles. The van der Waals surface area contributed by atoms with Crippen LogP contribution in [0.1, 0.15) is 26.5 Å². The molecule has 1 heterocycles. The average Bonchev–Trinajstić information content (AvgIpc) is 2.34. The Morgan fingerprint density at radius 1 is 1.53 bits per heavy atom. The molecular formula is C13H21N3O2S. The Hall–Kier alpha value is -1.14. The van der Waals surface area contributed by atoms with Gasteiger partial charge in [-0.3, -0.25) is 4.79 Å². The minimum absolute atomic E-state index is 0.216. The van der Waals surface area contributed by atoms with Crippen molar-refractivity contribution in [1.29, 1.82) is 0 Å². The predicted octanol–water partition coefficient (Wildman–Crippen LogP) is 1.81. The first-order valence-corrected chi connectivity index (χ1v) is 7.36. The van der Waals surface area contributed by atoms with Gasteiger partial charge in [0.2, 0.25) is 0 Å². The number of hydrogen-bond acceptors (Lipinski definition) is 6. The van der Waals surface area contributed by atoms with Crippen LogP contribution in [0.5, 0.6) is 0 Å². The maximum atomic E-state index is 11.8. The van der Waals surface area contributed by atoms with E-state index in [4.69, 9.17) is 4.74 Å². The van der Waals surface area contributed by atoms with Gasteiger partial charge in [0.05, 0.1) is 6.61 Å². The largest absolute Gasteiger partial charge is 0.465 e. The van der Waals surface area contributed by atoms with Crippen LogP contribution in [0.2, 0.25) is 0 Å². The molecule has 0 fully saturated rings. The predicted molar refractivity (Wildman–Crippen MR) is 76.2 cm³/mol. The molecule has 1 rings (SSSR count). The normalized spacial score (nSPS) is 12.5. The number of nitrogens with zero attached hydrogens (tertiary/aromatic N) is 2. The standard InChI is InChI=1S/C13H21N3O2S/c1-5-18-12(17)11(15-9(2)3)8-19-13-14-7-6-10(4)16-13/h6-7,9,11,15H,5,8H2,1-4H3. The van der Waals surface area contributed by atoms with Crippen molar-refractivity contribution in [3.8, 4) is 0 Å². The van der Waals surface area contributed by atoms with Crippen molar-refractivity contribution in [3.63, 3.8) is 0 Å². The van der Waals surface area contributed by atoms with Crippen LogP contribution in [0.25, 0.3) is 0 Å². The molecular weight excluding hydrogens is 262 g/mol. The SMILES string of the molecule is CCOC(=O)C(CSc1nccc(C)n1)NC(C)C. The van der Waals surface area contributed by atoms with Gasteiger partial charge in [0.15, 0.2) is 5.16 Å². The van der Waals surface area contributed by atoms with Gasteiger partial charge >= 0.3 is 5.97 Å². The van der Waals surface area contributed by atoms with E-state index in [2.05, 4.69) is 15.3 Å². The Balaban J connectivity index is 2.59. The van der Waals surface area contributed by atoms with Gasteiger partial charge in [0.25, 0.3) is 0 Å². The number of aryl methyl sites for hydroxylation is 1. The van der Waals surface area contributed by atoms with Crippen molar-refractivity contribution in [3.05, 3.63) is 18.0 Å². The molecule has 0 aromatic carbocycles. The smallest absolute Gasteiger partial charge is 0.324 e. The molecule has 1 unspecified atom stereocenters. The Kier molecular flexibility index (Phi) is 6.80. The first-order valence-electron chi connectivity index (χ1n) is 6.38. The molecule has 0 bridgehead atoms. The zero-order valence-electron chi connectivity index (χ0n) is 11.8. The second-order valence-electron chi connectivity index (χ2n) is 4.42. The van der Waals surface area contributed by atoms with Crippen molar-refractivity contribution in [2.45, 2.75) is 44.9 Å². The molecule has 106 valence electrons. The molecule has 0 saturated carbocycles. The van der Waals surface area contributed by atoms with E-state index in [1.165, 1.54) is 11.8 Å². The van der Waals surface area contributed by atoms with Gasteiger partial charge in [0.1, 0.15) is 6.04 Å². The summed E-state index contributed by atoms with van der Waals surface area (Å²) in [4.78, 5) is 20.3. The molecule has 0 aliphatic rings. The summed E-state index contributed by atoms with van der Waals surface area (Å²) in [6.45, 7) is 8.11. The van der Waals surface area contributed by atoms with Crippen molar-refractivity contribution in [2.75, 3.05) is 12.4 Å². The van der Waals surface area contributed by atoms with Crippen LogP contribution in [0.4, 0.5) is 0 Å². The molecule has 1 N–H and O–H groups in total. The van der Waals surface area contributed by atoms with Gasteiger partial charge < -0.3 is 10.1 Å². The van der Waals surface area contributed by atoms with Crippen LogP contribution in [0.15, 0.2) is 17.4 Å². The number of rotatable bonds is 7. The van der Waals surface area contributed by atoms with Crippen LogP contribution in [-0.2, 0) is 9.53 Å². The molecule has 19 heavy (non-hydrogen) atoms. The number of carbonyl (C=O) groups excluding carboxylic acids is 1. The van der Waals surface area contributed by atoms with E-state index in [9.17, 15) is 4.79 Å². The first-order chi connectivity index (χ1) is 9.02. The van der Waals surface area contributed by atoms with E-state index in [1.807, 2.05) is 26.8 Å². The topological polar surface area (TPSA) is 64.1 Å². The number of esters is 1. The van der Waals surface area contributed by atoms with Gasteiger partial charge in [-0.15, -0.1) is 0 Å². The van der Waals surface area contributed by atoms with Crippen LogP contribution in [0.3, 0.4) is 0 Å². The molecule has 0 radical (unpaired) electrons. The van der Waals surface area contributed by atoms with Crippen LogP contribution in [0, 0.1) is 6.92 Å². The first kappa shape index (κ1) is 15.9. The summed E-state index contributed by atoms with van der Waals surface area (Å²) in [6, 6.07) is 1.72. The van der Waals surface area contributed by atoms with Gasteiger partial charge in [0, 0.05) is 23.7 Å². The fourth-order valence-corrected chi connectivity index (χ4v) is 2.37. The number of carbonyl (C=O) groups is 1. The minimum atomic E-state index is -0.339. The van der Waals surface area contributed by atoms with Crippen LogP contribution >= 0.6 is 11.8 Å². The fraction of sp³-hybridized carbons (Fsp3) is 0.615. The van der Waals surface area contributed by atoms with Gasteiger partial charge in [-0.2, -0.15) is 0 Å². The lowest BCUT2D eigenvalue weighted by Crippen LogP contribution is -2.43. The van der Waals surface area contributed by atoms with E-state index < -0.39 is 0 Å². The molecule has 0 aliphatic carbocycles. The summed E-state index contributed by atoms with van der Waals surface area (Å²) >= 11 is 1.45. The van der Waals surface area contributed by atoms with Crippen molar-refractivity contribution in [2.24, 2.45) is 0 Å². The van der Waals surface area contributed by atoms with Crippen LogP contribution in [-0.4, -0.2) is 40.4 Å². The van der Waals surface area contributed by atoms with E-state index in [-0.39, 0.29) is 18.1 Å². The van der Waals surface area contributed by atoms with E-state index in [0.29, 0.717) is 17.5 Å². The second kappa shape index (κ2) is 8.12. The third kappa shape index (κ3) is 6.02. The molecule has 1 atom stereocenters. The molecule has 1 aromatic rings. The third-order valence-corrected chi connectivity index (χ3v) is 3.21. The molecule has 6 heteroatoms. The highest BCUT2D eigenvalue weighted by Crippen LogP contribution is 2.14. The summed E-state index contributed by atoms with van der Waals surface area (Å²) < 4.78 is 5.06. The van der Waals surface area contributed by atoms with Gasteiger partial charge in [-0.05, 0) is 19.9 Å². The zero-order chi connectivity index (χ0) is 14.3. The highest BCUT2D eigenvalue weighted by Gasteiger charge is 2.21. The highest BCUT2D eigenvalue weighted by atomic mass is 32.2. The Morgan fingerprint density at radius 3 is 2.84 bits per heavy atom. The summed E-state index contributed by atoms with van der Waals surface area (Å²) in [5.74, 6) is 0.330. The maximum absolute atomic E-state index is 11.8. The summed E-state index contributed by atoms with van der Waals surface area (Å²) in [5.41, 5.74) is 0.919. The van der Waals surface area contributed by atoms with Gasteiger partial charge in [-0.25, -0.2) is 9.97 Å². The number of aromatic nitrogens is 2. The lowest BCUT2D eigenvalue weighted by Gasteiger charge is -2.18. The van der Waals surface area contributed by atoms with E-state index in [0.717, 1.165) is 5.69 Å². The summed E-state index contributed by atoms with van der Waals surface area (Å²) in [6.07, 6.45) is 1.72. The maximum Gasteiger partial charge on any atom is 0.324 e. The van der Waals surface area contributed by atoms with Crippen molar-refractivity contribution < 1.29 is 9.53 Å². The number of nitrogens with one attached hydrogen (secondary N) is 1. The third-order valence-electron chi connectivity index (χ3n) is 2.26. The van der Waals surface area contributed by atoms with Crippen molar-refractivity contribution in [1.82, 2.24) is 15.3 Å². The minimum Gasteiger partial charge on any atom is -0.465 e. The lowest BCUT2D eigenvalue weighted by molar-refractivity contribution is -0.145. The monoisotopic (exact) mass is 283 g/mol. The molecule has 5 nitrogen and oxygen atoms in total. The van der Waals surface area contributed by atoms with Gasteiger partial charge in [-0.1, -0.05) is 25.6 Å². The lowest BCUT2D eigenvalue weighted by atomic mass is 10.3. The zero-order valence-corrected chi connectivity index (χ0v) is 12.7. The van der Waals surface area contributed by atoms with E-state index >= 15 is 0 Å². The number of thioether (sulfide) groups is 1. The average molecular weight is 283 g/mol. The summed E-state index contributed by atoms with van der Waals surface area (Å²) in [7, 11) is 0. The van der Waals surface area contributed by atoms with Crippen molar-refractivity contribution >= 4 is 17.7 Å². The fourth-order valence-electron chi connectivity index (χ4n) is 1.48. The Bertz CT molecular complexity index is 413. The molecule has 0 aliphatic heterocycles. The molecule has 0 spiro atoms. The number of hydrogen-bond donors (Lipinski definition) is 1. The molecule has 1 aromatic heterocycles. The molecule has 0 amide bonds. The quantitative estimate of drug-likeness (QED) is 0.468. The van der Waals surface area contributed by atoms with Crippen LogP contribution < -0.4 is 5.32 Å². The highest BCUT2D eigenvalue weighted by molar-refractivity contribution is 7.99. The Morgan fingerprint density at radius 2 is 2.26 bits per heavy atom. The van der Waals surface area contributed by atoms with E-state index in [1.54, 1.807) is 13.1 Å².